The minimum Gasteiger partial charge on any atom is -0.466 e. The molecular formula is C18H26N2O5. The van der Waals surface area contributed by atoms with Crippen molar-refractivity contribution in [2.45, 2.75) is 25.9 Å². The fourth-order valence-electron chi connectivity index (χ4n) is 2.83. The minimum absolute atomic E-state index is 0.101. The normalized spacial score (nSPS) is 18.5. The lowest BCUT2D eigenvalue weighted by Crippen LogP contribution is -2.42. The first-order valence-corrected chi connectivity index (χ1v) is 8.64. The monoisotopic (exact) mass is 350 g/mol. The summed E-state index contributed by atoms with van der Waals surface area (Å²) in [6.07, 6.45) is 0.710. The summed E-state index contributed by atoms with van der Waals surface area (Å²) in [4.78, 5) is 26.2. The molecule has 0 aromatic heterocycles. The van der Waals surface area contributed by atoms with Crippen LogP contribution in [-0.2, 0) is 9.53 Å². The summed E-state index contributed by atoms with van der Waals surface area (Å²) in [5, 5.41) is 21.1. The van der Waals surface area contributed by atoms with Crippen LogP contribution in [0.1, 0.15) is 30.1 Å². The van der Waals surface area contributed by atoms with Gasteiger partial charge in [0, 0.05) is 30.9 Å². The van der Waals surface area contributed by atoms with Crippen molar-refractivity contribution in [2.24, 2.45) is 5.92 Å². The lowest BCUT2D eigenvalue weighted by Gasteiger charge is -2.31. The number of nitrogens with one attached hydrogen (secondary N) is 1. The maximum absolute atomic E-state index is 12.6. The Hall–Kier alpha value is -2.12. The molecule has 1 saturated heterocycles. The first-order valence-electron chi connectivity index (χ1n) is 8.64. The fraction of sp³-hybridized carbons (Fsp3) is 0.556. The summed E-state index contributed by atoms with van der Waals surface area (Å²) in [6, 6.07) is 6.93. The predicted molar refractivity (Wildman–Crippen MR) is 93.3 cm³/mol. The number of hydrogen-bond acceptors (Lipinski definition) is 6. The number of hydrogen-bond donors (Lipinski definition) is 3. The largest absolute Gasteiger partial charge is 0.466 e. The molecule has 3 N–H and O–H groups in total. The highest BCUT2D eigenvalue weighted by Gasteiger charge is 2.29. The second-order valence-corrected chi connectivity index (χ2v) is 6.14. The maximum atomic E-state index is 12.6. The summed E-state index contributed by atoms with van der Waals surface area (Å²) in [7, 11) is 0. The maximum Gasteiger partial charge on any atom is 0.310 e. The summed E-state index contributed by atoms with van der Waals surface area (Å²) in [6.45, 7) is 3.08. The predicted octanol–water partition coefficient (Wildman–Crippen LogP) is 0.867. The summed E-state index contributed by atoms with van der Waals surface area (Å²) in [5.41, 5.74) is 1.31. The van der Waals surface area contributed by atoms with Crippen LogP contribution < -0.4 is 5.32 Å². The van der Waals surface area contributed by atoms with E-state index in [1.807, 2.05) is 0 Å². The van der Waals surface area contributed by atoms with Crippen molar-refractivity contribution in [3.05, 3.63) is 29.8 Å². The summed E-state index contributed by atoms with van der Waals surface area (Å²) >= 11 is 0. The SMILES string of the molecule is CCOC(=O)C1CCCN(C(=O)c2ccc(NCC(O)CO)cc2)C1. The van der Waals surface area contributed by atoms with Crippen LogP contribution in [0.25, 0.3) is 0 Å². The van der Waals surface area contributed by atoms with E-state index in [4.69, 9.17) is 9.84 Å². The van der Waals surface area contributed by atoms with Crippen molar-refractivity contribution in [3.63, 3.8) is 0 Å². The zero-order valence-electron chi connectivity index (χ0n) is 14.5. The molecule has 0 spiro atoms. The van der Waals surface area contributed by atoms with Crippen molar-refractivity contribution in [1.82, 2.24) is 4.90 Å². The summed E-state index contributed by atoms with van der Waals surface area (Å²) in [5.74, 6) is -0.587. The van der Waals surface area contributed by atoms with Gasteiger partial charge in [0.25, 0.3) is 5.91 Å². The van der Waals surface area contributed by atoms with Crippen molar-refractivity contribution in [1.29, 1.82) is 0 Å². The van der Waals surface area contributed by atoms with Gasteiger partial charge in [0.2, 0.25) is 0 Å². The zero-order chi connectivity index (χ0) is 18.2. The molecule has 1 aromatic rings. The van der Waals surface area contributed by atoms with E-state index in [2.05, 4.69) is 5.32 Å². The average molecular weight is 350 g/mol. The Morgan fingerprint density at radius 3 is 2.72 bits per heavy atom. The number of carbonyl (C=O) groups excluding carboxylic acids is 2. The van der Waals surface area contributed by atoms with Gasteiger partial charge in [-0.15, -0.1) is 0 Å². The van der Waals surface area contributed by atoms with Gasteiger partial charge in [0.1, 0.15) is 0 Å². The number of anilines is 1. The van der Waals surface area contributed by atoms with E-state index in [1.54, 1.807) is 36.1 Å². The quantitative estimate of drug-likeness (QED) is 0.631. The third-order valence-electron chi connectivity index (χ3n) is 4.21. The number of rotatable bonds is 7. The van der Waals surface area contributed by atoms with E-state index in [9.17, 15) is 14.7 Å². The third-order valence-corrected chi connectivity index (χ3v) is 4.21. The topological polar surface area (TPSA) is 99.1 Å². The van der Waals surface area contributed by atoms with Gasteiger partial charge in [0.05, 0.1) is 25.2 Å². The number of piperidine rings is 1. The van der Waals surface area contributed by atoms with Gasteiger partial charge in [-0.05, 0) is 44.0 Å². The van der Waals surface area contributed by atoms with Gasteiger partial charge in [0.15, 0.2) is 0 Å². The second kappa shape index (κ2) is 9.39. The van der Waals surface area contributed by atoms with Crippen LogP contribution in [0.4, 0.5) is 5.69 Å². The highest BCUT2D eigenvalue weighted by molar-refractivity contribution is 5.95. The number of nitrogens with zero attached hydrogens (tertiary/aromatic N) is 1. The Bertz CT molecular complexity index is 575. The number of aliphatic hydroxyl groups is 2. The molecule has 0 bridgehead atoms. The van der Waals surface area contributed by atoms with Crippen LogP contribution in [0.3, 0.4) is 0 Å². The number of likely N-dealkylation sites (tertiary alicyclic amines) is 1. The fourth-order valence-corrected chi connectivity index (χ4v) is 2.83. The second-order valence-electron chi connectivity index (χ2n) is 6.14. The molecule has 1 heterocycles. The molecule has 7 heteroatoms. The van der Waals surface area contributed by atoms with E-state index in [-0.39, 0.29) is 30.9 Å². The number of amides is 1. The standard InChI is InChI=1S/C18H26N2O5/c1-2-25-18(24)14-4-3-9-20(11-14)17(23)13-5-7-15(8-6-13)19-10-16(22)12-21/h5-8,14,16,19,21-22H,2-4,9-12H2,1H3. The van der Waals surface area contributed by atoms with Crippen molar-refractivity contribution < 1.29 is 24.5 Å². The molecule has 1 fully saturated rings. The first kappa shape index (κ1) is 19.2. The molecule has 2 atom stereocenters. The van der Waals surface area contributed by atoms with E-state index >= 15 is 0 Å². The lowest BCUT2D eigenvalue weighted by molar-refractivity contribution is -0.149. The van der Waals surface area contributed by atoms with Crippen molar-refractivity contribution in [2.75, 3.05) is 38.2 Å². The number of ether oxygens (including phenoxy) is 1. The smallest absolute Gasteiger partial charge is 0.310 e. The molecule has 1 aliphatic rings. The van der Waals surface area contributed by atoms with E-state index in [0.29, 0.717) is 25.3 Å². The Morgan fingerprint density at radius 2 is 2.08 bits per heavy atom. The molecule has 0 aliphatic carbocycles. The first-order chi connectivity index (χ1) is 12.0. The Kier molecular flexibility index (Phi) is 7.21. The van der Waals surface area contributed by atoms with Crippen LogP contribution in [0.5, 0.6) is 0 Å². The summed E-state index contributed by atoms with van der Waals surface area (Å²) < 4.78 is 5.06. The highest BCUT2D eigenvalue weighted by Crippen LogP contribution is 2.20. The van der Waals surface area contributed by atoms with Crippen LogP contribution in [-0.4, -0.2) is 65.9 Å². The van der Waals surface area contributed by atoms with Crippen LogP contribution in [0, 0.1) is 5.92 Å². The molecule has 1 amide bonds. The van der Waals surface area contributed by atoms with Crippen molar-refractivity contribution >= 4 is 17.6 Å². The van der Waals surface area contributed by atoms with E-state index < -0.39 is 6.10 Å². The number of carbonyl (C=O) groups is 2. The lowest BCUT2D eigenvalue weighted by atomic mass is 9.97. The number of esters is 1. The molecule has 0 saturated carbocycles. The Labute approximate surface area is 147 Å². The van der Waals surface area contributed by atoms with Gasteiger partial charge in [-0.1, -0.05) is 0 Å². The molecule has 0 radical (unpaired) electrons. The van der Waals surface area contributed by atoms with Crippen LogP contribution >= 0.6 is 0 Å². The van der Waals surface area contributed by atoms with Gasteiger partial charge in [-0.25, -0.2) is 0 Å². The molecule has 2 unspecified atom stereocenters. The van der Waals surface area contributed by atoms with Gasteiger partial charge >= 0.3 is 5.97 Å². The zero-order valence-corrected chi connectivity index (χ0v) is 14.5. The van der Waals surface area contributed by atoms with E-state index in [1.165, 1.54) is 0 Å². The number of benzene rings is 1. The van der Waals surface area contributed by atoms with Gasteiger partial charge in [-0.2, -0.15) is 0 Å². The minimum atomic E-state index is -0.825. The Balaban J connectivity index is 1.94. The average Bonchev–Trinajstić information content (AvgIpc) is 2.66. The number of aliphatic hydroxyl groups excluding tert-OH is 2. The van der Waals surface area contributed by atoms with E-state index in [0.717, 1.165) is 18.5 Å². The molecule has 7 nitrogen and oxygen atoms in total. The van der Waals surface area contributed by atoms with Crippen molar-refractivity contribution in [3.8, 4) is 0 Å². The van der Waals surface area contributed by atoms with Gasteiger partial charge in [-0.3, -0.25) is 9.59 Å². The van der Waals surface area contributed by atoms with Gasteiger partial charge < -0.3 is 25.2 Å². The molecule has 138 valence electrons. The molecular weight excluding hydrogens is 324 g/mol. The third kappa shape index (κ3) is 5.44. The highest BCUT2D eigenvalue weighted by atomic mass is 16.5. The molecule has 1 aliphatic heterocycles. The molecule has 25 heavy (non-hydrogen) atoms. The van der Waals surface area contributed by atoms with Crippen LogP contribution in [0.2, 0.25) is 0 Å². The van der Waals surface area contributed by atoms with Crippen LogP contribution in [0.15, 0.2) is 24.3 Å². The Morgan fingerprint density at radius 1 is 1.36 bits per heavy atom. The molecule has 2 rings (SSSR count). The molecule has 1 aromatic carbocycles.